The number of benzene rings is 2. The Morgan fingerprint density at radius 1 is 1.11 bits per heavy atom. The zero-order chi connectivity index (χ0) is 25.2. The predicted octanol–water partition coefficient (Wildman–Crippen LogP) is 6.56. The quantitative estimate of drug-likeness (QED) is 0.331. The summed E-state index contributed by atoms with van der Waals surface area (Å²) in [6.07, 6.45) is 5.30. The average Bonchev–Trinajstić information content (AvgIpc) is 2.85. The first-order chi connectivity index (χ1) is 16.7. The lowest BCUT2D eigenvalue weighted by Gasteiger charge is -2.47. The van der Waals surface area contributed by atoms with Gasteiger partial charge in [-0.2, -0.15) is 0 Å². The maximum absolute atomic E-state index is 12.7. The highest BCUT2D eigenvalue weighted by Crippen LogP contribution is 2.48. The third-order valence-corrected chi connectivity index (χ3v) is 8.90. The maximum atomic E-state index is 12.7. The van der Waals surface area contributed by atoms with E-state index in [-0.39, 0.29) is 5.02 Å². The highest BCUT2D eigenvalue weighted by atomic mass is 35.5. The molecule has 1 heterocycles. The Labute approximate surface area is 216 Å². The molecule has 0 aromatic heterocycles. The number of aryl methyl sites for hydroxylation is 1. The molecule has 1 aliphatic carbocycles. The Bertz CT molecular complexity index is 1070. The van der Waals surface area contributed by atoms with Crippen molar-refractivity contribution in [3.63, 3.8) is 0 Å². The van der Waals surface area contributed by atoms with E-state index in [2.05, 4.69) is 36.1 Å². The molecule has 1 saturated heterocycles. The molecule has 6 nitrogen and oxygen atoms in total. The molecule has 2 fully saturated rings. The first-order valence-electron chi connectivity index (χ1n) is 12.3. The van der Waals surface area contributed by atoms with Gasteiger partial charge in [-0.05, 0) is 74.9 Å². The topological polar surface area (TPSA) is 83.7 Å². The summed E-state index contributed by atoms with van der Waals surface area (Å²) < 4.78 is 0. The molecule has 0 radical (unpaired) electrons. The molecule has 4 rings (SSSR count). The van der Waals surface area contributed by atoms with Gasteiger partial charge < -0.3 is 5.11 Å². The van der Waals surface area contributed by atoms with Crippen molar-refractivity contribution < 1.29 is 14.8 Å². The Morgan fingerprint density at radius 3 is 2.37 bits per heavy atom. The number of likely N-dealkylation sites (tertiary alicyclic amines) is 1. The van der Waals surface area contributed by atoms with Crippen LogP contribution >= 0.6 is 23.2 Å². The number of hydrogen-bond acceptors (Lipinski definition) is 4. The van der Waals surface area contributed by atoms with E-state index < -0.39 is 28.8 Å². The number of hydrogen-bond donors (Lipinski definition) is 1. The van der Waals surface area contributed by atoms with Crippen molar-refractivity contribution in [1.29, 1.82) is 0 Å². The van der Waals surface area contributed by atoms with Gasteiger partial charge in [-0.25, -0.2) is 0 Å². The van der Waals surface area contributed by atoms with Crippen LogP contribution in [-0.2, 0) is 4.79 Å². The minimum absolute atomic E-state index is 0.277. The Hall–Kier alpha value is -2.15. The molecule has 3 atom stereocenters. The van der Waals surface area contributed by atoms with Crippen molar-refractivity contribution in [3.05, 3.63) is 79.3 Å². The van der Waals surface area contributed by atoms with E-state index in [0.717, 1.165) is 12.8 Å². The number of nitro groups is 1. The molecule has 2 aromatic rings. The van der Waals surface area contributed by atoms with Crippen LogP contribution in [0.2, 0.25) is 10.0 Å². The van der Waals surface area contributed by atoms with Gasteiger partial charge in [0.25, 0.3) is 0 Å². The predicted molar refractivity (Wildman–Crippen MR) is 138 cm³/mol. The average molecular weight is 519 g/mol. The highest BCUT2D eigenvalue weighted by Gasteiger charge is 2.51. The smallest absolute Gasteiger partial charge is 0.310 e. The summed E-state index contributed by atoms with van der Waals surface area (Å²) >= 11 is 12.3. The van der Waals surface area contributed by atoms with Gasteiger partial charge in [-0.1, -0.05) is 71.9 Å². The van der Waals surface area contributed by atoms with E-state index in [1.165, 1.54) is 24.0 Å². The van der Waals surface area contributed by atoms with Crippen molar-refractivity contribution in [2.45, 2.75) is 63.3 Å². The molecule has 8 heteroatoms. The molecule has 1 aliphatic heterocycles. The van der Waals surface area contributed by atoms with E-state index in [1.807, 2.05) is 0 Å². The lowest BCUT2D eigenvalue weighted by Crippen LogP contribution is -2.53. The molecule has 1 saturated carbocycles. The zero-order valence-electron chi connectivity index (χ0n) is 20.0. The standard InChI is InChI=1S/C27H32Cl2N2O4/c1-18-6-8-19(9-7-18)21-4-2-3-5-25(21)30-14-12-27(13-15-30,26(32)33)22(17-31(34)35)20-10-11-23(28)24(29)16-20/h6-11,16,21-22,25H,2-5,12-15,17H2,1H3,(H,32,33). The zero-order valence-corrected chi connectivity index (χ0v) is 21.5. The minimum atomic E-state index is -1.23. The van der Waals surface area contributed by atoms with E-state index in [0.29, 0.717) is 48.5 Å². The number of aliphatic carboxylic acids is 1. The normalized spacial score (nSPS) is 23.5. The fourth-order valence-corrected chi connectivity index (χ4v) is 6.50. The monoisotopic (exact) mass is 518 g/mol. The van der Waals surface area contributed by atoms with Crippen molar-refractivity contribution in [2.75, 3.05) is 19.6 Å². The van der Waals surface area contributed by atoms with Gasteiger partial charge in [0.1, 0.15) is 0 Å². The van der Waals surface area contributed by atoms with E-state index in [1.54, 1.807) is 18.2 Å². The van der Waals surface area contributed by atoms with Gasteiger partial charge in [0.05, 0.1) is 21.4 Å². The molecule has 1 N–H and O–H groups in total. The molecule has 2 aliphatic rings. The van der Waals surface area contributed by atoms with Crippen LogP contribution in [0.3, 0.4) is 0 Å². The fraction of sp³-hybridized carbons (Fsp3) is 0.519. The van der Waals surface area contributed by atoms with Crippen LogP contribution < -0.4 is 0 Å². The lowest BCUT2D eigenvalue weighted by atomic mass is 9.65. The Kier molecular flexibility index (Phi) is 8.04. The van der Waals surface area contributed by atoms with Crippen molar-refractivity contribution in [1.82, 2.24) is 4.90 Å². The summed E-state index contributed by atoms with van der Waals surface area (Å²) in [5.41, 5.74) is 1.92. The van der Waals surface area contributed by atoms with Crippen LogP contribution in [0.1, 0.15) is 67.1 Å². The molecule has 0 amide bonds. The first-order valence-corrected chi connectivity index (χ1v) is 13.1. The number of carboxylic acid groups (broad SMARTS) is 1. The second kappa shape index (κ2) is 10.9. The fourth-order valence-electron chi connectivity index (χ4n) is 6.19. The number of halogens is 2. The summed E-state index contributed by atoms with van der Waals surface area (Å²) in [6, 6.07) is 14.0. The van der Waals surface area contributed by atoms with Crippen LogP contribution in [0, 0.1) is 22.5 Å². The Morgan fingerprint density at radius 2 is 1.77 bits per heavy atom. The molecule has 35 heavy (non-hydrogen) atoms. The molecular weight excluding hydrogens is 487 g/mol. The van der Waals surface area contributed by atoms with Crippen LogP contribution in [0.4, 0.5) is 0 Å². The van der Waals surface area contributed by atoms with Gasteiger partial charge in [-0.3, -0.25) is 19.8 Å². The molecule has 0 bridgehead atoms. The first kappa shape index (κ1) is 25.9. The van der Waals surface area contributed by atoms with Gasteiger partial charge in [0.2, 0.25) is 6.54 Å². The molecule has 3 unspecified atom stereocenters. The van der Waals surface area contributed by atoms with Gasteiger partial charge in [0, 0.05) is 11.0 Å². The third-order valence-electron chi connectivity index (χ3n) is 8.16. The maximum Gasteiger partial charge on any atom is 0.310 e. The SMILES string of the molecule is Cc1ccc(C2CCCCC2N2CCC(C(=O)O)(C(C[N+](=O)[O-])c3ccc(Cl)c(Cl)c3)CC2)cc1. The molecule has 2 aromatic carbocycles. The Balaban J connectivity index is 1.59. The van der Waals surface area contributed by atoms with E-state index in [4.69, 9.17) is 23.2 Å². The summed E-state index contributed by atoms with van der Waals surface area (Å²) in [4.78, 5) is 26.4. The molecule has 188 valence electrons. The van der Waals surface area contributed by atoms with Gasteiger partial charge in [-0.15, -0.1) is 0 Å². The number of nitrogens with zero attached hydrogens (tertiary/aromatic N) is 2. The number of carbonyl (C=O) groups is 1. The number of carboxylic acids is 1. The van der Waals surface area contributed by atoms with Crippen LogP contribution in [0.5, 0.6) is 0 Å². The second-order valence-electron chi connectivity index (χ2n) is 10.1. The van der Waals surface area contributed by atoms with Gasteiger partial charge in [0.15, 0.2) is 0 Å². The molecular formula is C27H32Cl2N2O4. The minimum Gasteiger partial charge on any atom is -0.481 e. The third kappa shape index (κ3) is 5.50. The second-order valence-corrected chi connectivity index (χ2v) is 10.9. The van der Waals surface area contributed by atoms with Gasteiger partial charge >= 0.3 is 5.97 Å². The summed E-state index contributed by atoms with van der Waals surface area (Å²) in [6.45, 7) is 2.84. The number of piperidine rings is 1. The van der Waals surface area contributed by atoms with Crippen LogP contribution in [0.25, 0.3) is 0 Å². The number of rotatable bonds is 7. The highest BCUT2D eigenvalue weighted by molar-refractivity contribution is 6.42. The van der Waals surface area contributed by atoms with Crippen LogP contribution in [0.15, 0.2) is 42.5 Å². The van der Waals surface area contributed by atoms with Crippen molar-refractivity contribution >= 4 is 29.2 Å². The largest absolute Gasteiger partial charge is 0.481 e. The summed E-state index contributed by atoms with van der Waals surface area (Å²) in [5, 5.41) is 22.6. The van der Waals surface area contributed by atoms with Crippen molar-refractivity contribution in [2.24, 2.45) is 5.41 Å². The summed E-state index contributed by atoms with van der Waals surface area (Å²) in [7, 11) is 0. The van der Waals surface area contributed by atoms with E-state index in [9.17, 15) is 20.0 Å². The summed E-state index contributed by atoms with van der Waals surface area (Å²) in [5.74, 6) is -1.34. The van der Waals surface area contributed by atoms with E-state index >= 15 is 0 Å². The van der Waals surface area contributed by atoms with Crippen LogP contribution in [-0.4, -0.2) is 46.6 Å². The molecule has 0 spiro atoms. The lowest BCUT2D eigenvalue weighted by molar-refractivity contribution is -0.486. The van der Waals surface area contributed by atoms with Crippen molar-refractivity contribution in [3.8, 4) is 0 Å².